The summed E-state index contributed by atoms with van der Waals surface area (Å²) < 4.78 is 10.8. The van der Waals surface area contributed by atoms with Crippen LogP contribution in [0.4, 0.5) is 0 Å². The van der Waals surface area contributed by atoms with Gasteiger partial charge < -0.3 is 19.3 Å². The highest BCUT2D eigenvalue weighted by Gasteiger charge is 2.52. The summed E-state index contributed by atoms with van der Waals surface area (Å²) in [5, 5.41) is 0. The van der Waals surface area contributed by atoms with E-state index >= 15 is 0 Å². The van der Waals surface area contributed by atoms with Gasteiger partial charge in [0.2, 0.25) is 11.8 Å². The van der Waals surface area contributed by atoms with Gasteiger partial charge in [-0.3, -0.25) is 9.59 Å². The van der Waals surface area contributed by atoms with Crippen molar-refractivity contribution >= 4 is 11.8 Å². The Morgan fingerprint density at radius 3 is 1.29 bits per heavy atom. The molecule has 5 aliphatic rings. The maximum atomic E-state index is 13.2. The average molecular weight is 336 g/mol. The summed E-state index contributed by atoms with van der Waals surface area (Å²) in [7, 11) is 0. The Balaban J connectivity index is 1.54. The molecule has 24 heavy (non-hydrogen) atoms. The van der Waals surface area contributed by atoms with Crippen LogP contribution in [0.2, 0.25) is 0 Å². The third-order valence-corrected chi connectivity index (χ3v) is 6.43. The van der Waals surface area contributed by atoms with Gasteiger partial charge >= 0.3 is 0 Å². The molecule has 0 aromatic carbocycles. The molecular weight excluding hydrogens is 308 g/mol. The highest BCUT2D eigenvalue weighted by Crippen LogP contribution is 2.50. The molecule has 6 heteroatoms. The maximum absolute atomic E-state index is 13.2. The third kappa shape index (κ3) is 2.94. The summed E-state index contributed by atoms with van der Waals surface area (Å²) in [6, 6.07) is 0. The van der Waals surface area contributed by atoms with Crippen molar-refractivity contribution in [2.45, 2.75) is 25.7 Å². The van der Waals surface area contributed by atoms with Gasteiger partial charge in [0.05, 0.1) is 38.3 Å². The van der Waals surface area contributed by atoms with Gasteiger partial charge in [0.15, 0.2) is 0 Å². The summed E-state index contributed by atoms with van der Waals surface area (Å²) in [6.07, 6.45) is 4.44. The molecule has 0 radical (unpaired) electrons. The predicted octanol–water partition coefficient (Wildman–Crippen LogP) is 0.756. The van der Waals surface area contributed by atoms with Crippen molar-refractivity contribution in [3.05, 3.63) is 0 Å². The van der Waals surface area contributed by atoms with Crippen molar-refractivity contribution < 1.29 is 19.1 Å². The summed E-state index contributed by atoms with van der Waals surface area (Å²) in [5.74, 6) is 0.983. The van der Waals surface area contributed by atoms with Crippen LogP contribution in [0.3, 0.4) is 0 Å². The Kier molecular flexibility index (Phi) is 4.77. The SMILES string of the molecule is O=C(C1C2CCC(CC2)C1C(=O)N1CCOCC1)N1CCOCC1. The van der Waals surface area contributed by atoms with E-state index in [1.807, 2.05) is 9.80 Å². The molecule has 3 aliphatic carbocycles. The standard InChI is InChI=1S/C18H28N2O4/c21-17(19-5-9-23-10-6-19)15-13-1-2-14(4-3-13)16(15)18(22)20-7-11-24-12-8-20/h13-16H,1-12H2. The van der Waals surface area contributed by atoms with Crippen LogP contribution in [0.25, 0.3) is 0 Å². The number of ether oxygens (including phenoxy) is 2. The van der Waals surface area contributed by atoms with Crippen molar-refractivity contribution in [2.24, 2.45) is 23.7 Å². The zero-order valence-electron chi connectivity index (χ0n) is 14.3. The minimum atomic E-state index is -0.106. The Bertz CT molecular complexity index is 433. The van der Waals surface area contributed by atoms with Gasteiger partial charge in [-0.25, -0.2) is 0 Å². The number of amides is 2. The molecule has 5 rings (SSSR count). The molecule has 2 aliphatic heterocycles. The van der Waals surface area contributed by atoms with Crippen molar-refractivity contribution in [3.8, 4) is 0 Å². The summed E-state index contributed by atoms with van der Waals surface area (Å²) in [5.41, 5.74) is 0. The van der Waals surface area contributed by atoms with Crippen molar-refractivity contribution in [2.75, 3.05) is 52.6 Å². The molecule has 3 saturated carbocycles. The number of nitrogens with zero attached hydrogens (tertiary/aromatic N) is 2. The van der Waals surface area contributed by atoms with Crippen LogP contribution in [0.5, 0.6) is 0 Å². The number of hydrogen-bond donors (Lipinski definition) is 0. The lowest BCUT2D eigenvalue weighted by atomic mass is 9.57. The van der Waals surface area contributed by atoms with Crippen molar-refractivity contribution in [1.82, 2.24) is 9.80 Å². The zero-order valence-corrected chi connectivity index (χ0v) is 14.3. The molecule has 2 saturated heterocycles. The van der Waals surface area contributed by atoms with Gasteiger partial charge in [0.25, 0.3) is 0 Å². The number of rotatable bonds is 2. The molecular formula is C18H28N2O4. The molecule has 6 nitrogen and oxygen atoms in total. The molecule has 5 fully saturated rings. The smallest absolute Gasteiger partial charge is 0.226 e. The fourth-order valence-corrected chi connectivity index (χ4v) is 5.15. The second-order valence-corrected chi connectivity index (χ2v) is 7.60. The van der Waals surface area contributed by atoms with Crippen LogP contribution in [0, 0.1) is 23.7 Å². The summed E-state index contributed by atoms with van der Waals surface area (Å²) in [4.78, 5) is 30.3. The Morgan fingerprint density at radius 2 is 0.958 bits per heavy atom. The molecule has 0 N–H and O–H groups in total. The summed E-state index contributed by atoms with van der Waals surface area (Å²) >= 11 is 0. The van der Waals surface area contributed by atoms with E-state index in [9.17, 15) is 9.59 Å². The second kappa shape index (κ2) is 7.00. The predicted molar refractivity (Wildman–Crippen MR) is 87.2 cm³/mol. The lowest BCUT2D eigenvalue weighted by Crippen LogP contribution is -2.57. The van der Waals surface area contributed by atoms with Crippen molar-refractivity contribution in [3.63, 3.8) is 0 Å². The lowest BCUT2D eigenvalue weighted by molar-refractivity contribution is -0.162. The highest BCUT2D eigenvalue weighted by molar-refractivity contribution is 5.89. The molecule has 134 valence electrons. The van der Waals surface area contributed by atoms with Crippen molar-refractivity contribution in [1.29, 1.82) is 0 Å². The molecule has 0 aromatic rings. The first-order valence-corrected chi connectivity index (χ1v) is 9.49. The molecule has 2 bridgehead atoms. The van der Waals surface area contributed by atoms with Gasteiger partial charge in [-0.15, -0.1) is 0 Å². The van der Waals surface area contributed by atoms with Gasteiger partial charge in [-0.2, -0.15) is 0 Å². The van der Waals surface area contributed by atoms with Gasteiger partial charge in [-0.1, -0.05) is 0 Å². The zero-order chi connectivity index (χ0) is 16.5. The van der Waals surface area contributed by atoms with Gasteiger partial charge in [-0.05, 0) is 37.5 Å². The fourth-order valence-electron chi connectivity index (χ4n) is 5.15. The van der Waals surface area contributed by atoms with Crippen LogP contribution in [0.15, 0.2) is 0 Å². The monoisotopic (exact) mass is 336 g/mol. The fraction of sp³-hybridized carbons (Fsp3) is 0.889. The number of carbonyl (C=O) groups is 2. The average Bonchev–Trinajstić information content (AvgIpc) is 2.68. The van der Waals surface area contributed by atoms with E-state index in [4.69, 9.17) is 9.47 Å². The van der Waals surface area contributed by atoms with Crippen LogP contribution in [0.1, 0.15) is 25.7 Å². The lowest BCUT2D eigenvalue weighted by Gasteiger charge is -2.49. The Hall–Kier alpha value is -1.14. The molecule has 2 amide bonds. The number of fused-ring (bicyclic) bond motifs is 3. The van der Waals surface area contributed by atoms with E-state index in [1.54, 1.807) is 0 Å². The maximum Gasteiger partial charge on any atom is 0.226 e. The van der Waals surface area contributed by atoms with Gasteiger partial charge in [0.1, 0.15) is 0 Å². The summed E-state index contributed by atoms with van der Waals surface area (Å²) in [6.45, 7) is 5.17. The van der Waals surface area contributed by atoms with E-state index in [2.05, 4.69) is 0 Å². The van der Waals surface area contributed by atoms with E-state index in [0.29, 0.717) is 64.4 Å². The van der Waals surface area contributed by atoms with E-state index < -0.39 is 0 Å². The van der Waals surface area contributed by atoms with E-state index in [1.165, 1.54) is 0 Å². The van der Waals surface area contributed by atoms with Crippen LogP contribution >= 0.6 is 0 Å². The van der Waals surface area contributed by atoms with Crippen LogP contribution in [-0.2, 0) is 19.1 Å². The number of carbonyl (C=O) groups excluding carboxylic acids is 2. The molecule has 2 unspecified atom stereocenters. The second-order valence-electron chi connectivity index (χ2n) is 7.60. The minimum absolute atomic E-state index is 0.106. The first-order valence-electron chi connectivity index (χ1n) is 9.49. The minimum Gasteiger partial charge on any atom is -0.378 e. The molecule has 2 atom stereocenters. The van der Waals surface area contributed by atoms with E-state index in [-0.39, 0.29) is 23.7 Å². The Morgan fingerprint density at radius 1 is 0.625 bits per heavy atom. The first-order chi connectivity index (χ1) is 11.8. The molecule has 2 heterocycles. The normalized spacial score (nSPS) is 36.7. The van der Waals surface area contributed by atoms with Gasteiger partial charge in [0, 0.05) is 26.2 Å². The van der Waals surface area contributed by atoms with Crippen LogP contribution < -0.4 is 0 Å². The molecule has 0 aromatic heterocycles. The largest absolute Gasteiger partial charge is 0.378 e. The molecule has 0 spiro atoms. The van der Waals surface area contributed by atoms with E-state index in [0.717, 1.165) is 25.7 Å². The first kappa shape index (κ1) is 16.3. The highest BCUT2D eigenvalue weighted by atomic mass is 16.5. The number of morpholine rings is 2. The Labute approximate surface area is 143 Å². The van der Waals surface area contributed by atoms with Crippen LogP contribution in [-0.4, -0.2) is 74.2 Å². The third-order valence-electron chi connectivity index (χ3n) is 6.43. The topological polar surface area (TPSA) is 59.1 Å². The number of hydrogen-bond acceptors (Lipinski definition) is 4. The quantitative estimate of drug-likeness (QED) is 0.747.